The van der Waals surface area contributed by atoms with E-state index < -0.39 is 0 Å². The second-order valence-electron chi connectivity index (χ2n) is 32.6. The Hall–Kier alpha value is -11.3. The topological polar surface area (TPSA) is 6.48 Å². The number of benzene rings is 14. The van der Waals surface area contributed by atoms with E-state index in [4.69, 9.17) is 0 Å². The Bertz CT molecular complexity index is 5390. The Morgan fingerprint density at radius 1 is 0.233 bits per heavy atom. The molecule has 14 aromatic rings. The lowest BCUT2D eigenvalue weighted by molar-refractivity contribution is 0.590. The van der Waals surface area contributed by atoms with Crippen molar-refractivity contribution in [3.8, 4) is 55.6 Å². The van der Waals surface area contributed by atoms with Crippen molar-refractivity contribution >= 4 is 80.0 Å². The lowest BCUT2D eigenvalue weighted by atomic mass is 9.81. The highest BCUT2D eigenvalue weighted by molar-refractivity contribution is 5.99. The van der Waals surface area contributed by atoms with Crippen LogP contribution in [0.25, 0.3) is 101 Å². The van der Waals surface area contributed by atoms with Crippen molar-refractivity contribution in [3.05, 3.63) is 358 Å². The van der Waals surface area contributed by atoms with E-state index in [0.29, 0.717) is 0 Å². The number of hydrogen-bond donors (Lipinski definition) is 0. The zero-order valence-corrected chi connectivity index (χ0v) is 61.4. The van der Waals surface area contributed by atoms with Crippen molar-refractivity contribution in [1.29, 1.82) is 0 Å². The van der Waals surface area contributed by atoms with Crippen LogP contribution in [-0.2, 0) is 27.1 Å². The summed E-state index contributed by atoms with van der Waals surface area (Å²) in [4.78, 5) is 4.86. The van der Waals surface area contributed by atoms with Crippen LogP contribution in [0.2, 0.25) is 0 Å². The fourth-order valence-electron chi connectivity index (χ4n) is 17.0. The van der Waals surface area contributed by atoms with E-state index in [1.165, 1.54) is 144 Å². The zero-order chi connectivity index (χ0) is 70.9. The summed E-state index contributed by atoms with van der Waals surface area (Å²) in [5.74, 6) is 0. The third-order valence-electron chi connectivity index (χ3n) is 23.0. The highest BCUT2D eigenvalue weighted by Crippen LogP contribution is 2.55. The first-order chi connectivity index (χ1) is 49.5. The summed E-state index contributed by atoms with van der Waals surface area (Å²) in [5, 5.41) is 5.04. The third-order valence-corrected chi connectivity index (χ3v) is 23.0. The summed E-state index contributed by atoms with van der Waals surface area (Å²) in [6, 6.07) is 110. The summed E-state index contributed by atoms with van der Waals surface area (Å²) in [6.45, 7) is 28.1. The fourth-order valence-corrected chi connectivity index (χ4v) is 17.0. The molecule has 0 atom stereocenters. The number of anilines is 6. The van der Waals surface area contributed by atoms with Gasteiger partial charge in [0.15, 0.2) is 0 Å². The van der Waals surface area contributed by atoms with Gasteiger partial charge >= 0.3 is 0 Å². The van der Waals surface area contributed by atoms with E-state index in [0.717, 1.165) is 34.1 Å². The van der Waals surface area contributed by atoms with Gasteiger partial charge in [0.2, 0.25) is 0 Å². The summed E-state index contributed by atoms with van der Waals surface area (Å²) in [6.07, 6.45) is 9.23. The highest BCUT2D eigenvalue weighted by atomic mass is 15.1. The molecule has 0 aromatic heterocycles. The van der Waals surface area contributed by atoms with Gasteiger partial charge in [-0.1, -0.05) is 326 Å². The second-order valence-corrected chi connectivity index (χ2v) is 32.6. The van der Waals surface area contributed by atoms with E-state index in [2.05, 4.69) is 408 Å². The van der Waals surface area contributed by atoms with Crippen LogP contribution >= 0.6 is 0 Å². The van der Waals surface area contributed by atoms with Crippen LogP contribution in [0, 0.1) is 0 Å². The van der Waals surface area contributed by atoms with Crippen LogP contribution in [0.15, 0.2) is 291 Å². The van der Waals surface area contributed by atoms with Gasteiger partial charge in [-0.2, -0.15) is 0 Å². The normalized spacial score (nSPS) is 14.4. The van der Waals surface area contributed by atoms with E-state index in [1.54, 1.807) is 0 Å². The molecule has 14 aromatic carbocycles. The molecule has 0 aliphatic heterocycles. The summed E-state index contributed by atoms with van der Waals surface area (Å²) in [7, 11) is 0. The van der Waals surface area contributed by atoms with Crippen LogP contribution in [-0.4, -0.2) is 0 Å². The van der Waals surface area contributed by atoms with E-state index >= 15 is 0 Å². The lowest BCUT2D eigenvalue weighted by Crippen LogP contribution is -2.17. The molecule has 17 rings (SSSR count). The molecule has 0 radical (unpaired) electrons. The first-order valence-electron chi connectivity index (χ1n) is 36.8. The van der Waals surface area contributed by atoms with E-state index in [1.807, 2.05) is 0 Å². The van der Waals surface area contributed by atoms with Crippen LogP contribution in [0.5, 0.6) is 0 Å². The van der Waals surface area contributed by atoms with Gasteiger partial charge in [0.25, 0.3) is 0 Å². The molecule has 0 heterocycles. The molecule has 2 nitrogen and oxygen atoms in total. The molecule has 0 fully saturated rings. The average Bonchev–Trinajstić information content (AvgIpc) is 1.60. The predicted octanol–water partition coefficient (Wildman–Crippen LogP) is 28.1. The van der Waals surface area contributed by atoms with Crippen molar-refractivity contribution < 1.29 is 0 Å². The first kappa shape index (κ1) is 65.0. The van der Waals surface area contributed by atoms with Crippen LogP contribution < -0.4 is 9.80 Å². The minimum atomic E-state index is -0.224. The molecule has 502 valence electrons. The highest BCUT2D eigenvalue weighted by Gasteiger charge is 2.39. The maximum atomic E-state index is 2.45. The zero-order valence-electron chi connectivity index (χ0n) is 61.4. The molecule has 0 N–H and O–H groups in total. The van der Waals surface area contributed by atoms with Crippen molar-refractivity contribution in [2.45, 2.75) is 110 Å². The number of fused-ring (bicyclic) bond motifs is 11. The molecule has 0 saturated carbocycles. The van der Waals surface area contributed by atoms with Gasteiger partial charge in [-0.15, -0.1) is 0 Å². The van der Waals surface area contributed by atoms with E-state index in [9.17, 15) is 0 Å². The Labute approximate surface area is 609 Å². The van der Waals surface area contributed by atoms with Crippen LogP contribution in [0.4, 0.5) is 34.1 Å². The van der Waals surface area contributed by atoms with Gasteiger partial charge in [-0.05, 0) is 228 Å². The second kappa shape index (κ2) is 24.5. The third kappa shape index (κ3) is 11.3. The minimum absolute atomic E-state index is 0.0492. The van der Waals surface area contributed by atoms with Gasteiger partial charge in [0.05, 0.1) is 0 Å². The summed E-state index contributed by atoms with van der Waals surface area (Å²) >= 11 is 0. The first-order valence-corrected chi connectivity index (χ1v) is 36.8. The largest absolute Gasteiger partial charge is 0.310 e. The Balaban J connectivity index is 0.606. The van der Waals surface area contributed by atoms with E-state index in [-0.39, 0.29) is 27.1 Å². The average molecular weight is 1330 g/mol. The van der Waals surface area contributed by atoms with Gasteiger partial charge in [0, 0.05) is 50.4 Å². The van der Waals surface area contributed by atoms with Crippen molar-refractivity contribution in [1.82, 2.24) is 0 Å². The SMILES string of the molecule is CC(C)(C)c1ccc(N(c2ccc(-c3cccc4ccccc34)cc2)c2ccc3c(c2)C(C)(C)c2cc(C=Cc4ccc5c(c4)C(C)(C)c4cc(C=Cc6ccc7c(c6)C(C)(C)c6cc(N(c8ccc(-c9cccc%10ccccc9%10)cc8)c8ccc(C(C)(C)C)cc8)ccc6-7)ccc4-5)ccc2-3)cc1. The molecule has 103 heavy (non-hydrogen) atoms. The van der Waals surface area contributed by atoms with Crippen molar-refractivity contribution in [2.24, 2.45) is 0 Å². The molecule has 3 aliphatic rings. The molecular weight excluding hydrogens is 1240 g/mol. The summed E-state index contributed by atoms with van der Waals surface area (Å²) in [5.41, 5.74) is 34.7. The molecule has 2 heteroatoms. The molecule has 0 bridgehead atoms. The standard InChI is InChI=1S/C101H88N2/c1-97(2,3)73-39-47-77(48-40-73)102(75-43-35-71(36-44-75)83-25-17-21-69-19-13-15-23-81(69)83)79-51-57-89-87-55-33-67(61-93(87)100(9,10)95(89)63-79)29-27-65-31-53-85-86-54-32-66(60-92(86)99(7,8)91(85)59-65)28-30-68-34-56-88-90-58-52-80(64-96(90)101(11,12)94(88)62-68)103(78-49-41-74(42-50-78)98(4,5)6)76-45-37-72(38-46-76)84-26-18-22-70-20-14-16-24-82(70)84/h13-64H,1-12H3. The van der Waals surface area contributed by atoms with Crippen molar-refractivity contribution in [2.75, 3.05) is 9.80 Å². The molecular formula is C101H88N2. The monoisotopic (exact) mass is 1330 g/mol. The van der Waals surface area contributed by atoms with Crippen LogP contribution in [0.3, 0.4) is 0 Å². The van der Waals surface area contributed by atoms with Gasteiger partial charge in [0.1, 0.15) is 0 Å². The van der Waals surface area contributed by atoms with Gasteiger partial charge < -0.3 is 9.80 Å². The molecule has 3 aliphatic carbocycles. The van der Waals surface area contributed by atoms with Crippen molar-refractivity contribution in [3.63, 3.8) is 0 Å². The predicted molar refractivity (Wildman–Crippen MR) is 443 cm³/mol. The number of hydrogen-bond acceptors (Lipinski definition) is 2. The number of rotatable bonds is 12. The molecule has 0 saturated heterocycles. The Morgan fingerprint density at radius 2 is 0.485 bits per heavy atom. The number of nitrogens with zero attached hydrogens (tertiary/aromatic N) is 2. The van der Waals surface area contributed by atoms with Gasteiger partial charge in [-0.3, -0.25) is 0 Å². The molecule has 0 unspecified atom stereocenters. The maximum Gasteiger partial charge on any atom is 0.0465 e. The quantitative estimate of drug-likeness (QED) is 0.113. The minimum Gasteiger partial charge on any atom is -0.310 e. The molecule has 0 spiro atoms. The Kier molecular flexibility index (Phi) is 15.4. The molecule has 0 amide bonds. The maximum absolute atomic E-state index is 2.45. The van der Waals surface area contributed by atoms with Gasteiger partial charge in [-0.25, -0.2) is 0 Å². The summed E-state index contributed by atoms with van der Waals surface area (Å²) < 4.78 is 0. The fraction of sp³-hybridized carbons (Fsp3) is 0.168. The lowest BCUT2D eigenvalue weighted by Gasteiger charge is -2.29. The smallest absolute Gasteiger partial charge is 0.0465 e. The Morgan fingerprint density at radius 3 is 0.786 bits per heavy atom. The van der Waals surface area contributed by atoms with Crippen LogP contribution in [0.1, 0.15) is 150 Å².